The molecule has 19 heavy (non-hydrogen) atoms. The molecule has 1 heterocycles. The van der Waals surface area contributed by atoms with Gasteiger partial charge >= 0.3 is 0 Å². The minimum Gasteiger partial charge on any atom is -0.497 e. The zero-order valence-corrected chi connectivity index (χ0v) is 11.4. The number of imidazole rings is 1. The number of benzene rings is 1. The van der Waals surface area contributed by atoms with Crippen LogP contribution in [0.3, 0.4) is 0 Å². The molecule has 0 atom stereocenters. The minimum atomic E-state index is 0.671. The number of allylic oxidation sites excluding steroid dienone is 1. The molecule has 1 aromatic heterocycles. The summed E-state index contributed by atoms with van der Waals surface area (Å²) in [6, 6.07) is 7.77. The van der Waals surface area contributed by atoms with Crippen LogP contribution in [-0.2, 0) is 13.0 Å². The van der Waals surface area contributed by atoms with Gasteiger partial charge in [0, 0.05) is 18.5 Å². The van der Waals surface area contributed by atoms with Gasteiger partial charge in [-0.15, -0.1) is 6.58 Å². The van der Waals surface area contributed by atoms with E-state index in [9.17, 15) is 0 Å². The summed E-state index contributed by atoms with van der Waals surface area (Å²) >= 11 is 0. The van der Waals surface area contributed by atoms with E-state index in [4.69, 9.17) is 10.5 Å². The van der Waals surface area contributed by atoms with E-state index < -0.39 is 0 Å². The standard InChI is InChI=1S/C15H19N3O/c1-4-9-18-13(5-2)17-14(15(18)16)11-7-6-8-12(10-11)19-3/h4,6-8,10H,1,5,9,16H2,2-3H3. The maximum atomic E-state index is 6.20. The normalized spacial score (nSPS) is 10.4. The number of hydrogen-bond donors (Lipinski definition) is 1. The lowest BCUT2D eigenvalue weighted by molar-refractivity contribution is 0.415. The fraction of sp³-hybridized carbons (Fsp3) is 0.267. The highest BCUT2D eigenvalue weighted by atomic mass is 16.5. The first-order chi connectivity index (χ1) is 9.21. The fourth-order valence-corrected chi connectivity index (χ4v) is 2.10. The van der Waals surface area contributed by atoms with Crippen molar-refractivity contribution in [3.05, 3.63) is 42.7 Å². The maximum Gasteiger partial charge on any atom is 0.132 e. The van der Waals surface area contributed by atoms with Gasteiger partial charge in [0.25, 0.3) is 0 Å². The third-order valence-corrected chi connectivity index (χ3v) is 3.06. The largest absolute Gasteiger partial charge is 0.497 e. The molecule has 0 unspecified atom stereocenters. The lowest BCUT2D eigenvalue weighted by Crippen LogP contribution is -2.05. The minimum absolute atomic E-state index is 0.671. The third-order valence-electron chi connectivity index (χ3n) is 3.06. The predicted molar refractivity (Wildman–Crippen MR) is 78.2 cm³/mol. The van der Waals surface area contributed by atoms with Gasteiger partial charge in [-0.2, -0.15) is 0 Å². The predicted octanol–water partition coefficient (Wildman–Crippen LogP) is 2.89. The van der Waals surface area contributed by atoms with Gasteiger partial charge in [-0.1, -0.05) is 25.1 Å². The van der Waals surface area contributed by atoms with Crippen LogP contribution in [0.15, 0.2) is 36.9 Å². The molecule has 1 aromatic carbocycles. The molecule has 0 fully saturated rings. The molecule has 0 saturated carbocycles. The first kappa shape index (κ1) is 13.2. The summed E-state index contributed by atoms with van der Waals surface area (Å²) in [4.78, 5) is 4.63. The second-order valence-corrected chi connectivity index (χ2v) is 4.25. The van der Waals surface area contributed by atoms with E-state index in [1.54, 1.807) is 7.11 Å². The molecular formula is C15H19N3O. The summed E-state index contributed by atoms with van der Waals surface area (Å²) in [6.07, 6.45) is 2.66. The first-order valence-electron chi connectivity index (χ1n) is 6.31. The van der Waals surface area contributed by atoms with Crippen LogP contribution < -0.4 is 10.5 Å². The summed E-state index contributed by atoms with van der Waals surface area (Å²) in [5.74, 6) is 2.44. The maximum absolute atomic E-state index is 6.20. The average Bonchev–Trinajstić information content (AvgIpc) is 2.76. The molecule has 0 aliphatic heterocycles. The molecule has 0 spiro atoms. The van der Waals surface area contributed by atoms with Gasteiger partial charge in [-0.25, -0.2) is 4.98 Å². The zero-order valence-electron chi connectivity index (χ0n) is 11.4. The number of aryl methyl sites for hydroxylation is 1. The number of aromatic nitrogens is 2. The second-order valence-electron chi connectivity index (χ2n) is 4.25. The third kappa shape index (κ3) is 2.47. The molecule has 4 nitrogen and oxygen atoms in total. The van der Waals surface area contributed by atoms with E-state index in [2.05, 4.69) is 18.5 Å². The quantitative estimate of drug-likeness (QED) is 0.838. The van der Waals surface area contributed by atoms with Gasteiger partial charge in [0.15, 0.2) is 0 Å². The summed E-state index contributed by atoms with van der Waals surface area (Å²) in [6.45, 7) is 6.50. The van der Waals surface area contributed by atoms with Crippen LogP contribution in [0.1, 0.15) is 12.7 Å². The molecule has 0 saturated heterocycles. The Bertz CT molecular complexity index is 587. The van der Waals surface area contributed by atoms with Crippen molar-refractivity contribution in [1.29, 1.82) is 0 Å². The monoisotopic (exact) mass is 257 g/mol. The number of anilines is 1. The Balaban J connectivity index is 2.52. The van der Waals surface area contributed by atoms with Crippen molar-refractivity contribution in [3.63, 3.8) is 0 Å². The number of nitrogens with two attached hydrogens (primary N) is 1. The van der Waals surface area contributed by atoms with Gasteiger partial charge in [0.2, 0.25) is 0 Å². The van der Waals surface area contributed by atoms with Crippen LogP contribution >= 0.6 is 0 Å². The number of rotatable bonds is 5. The van der Waals surface area contributed by atoms with Crippen LogP contribution in [0.4, 0.5) is 5.82 Å². The highest BCUT2D eigenvalue weighted by Crippen LogP contribution is 2.29. The Kier molecular flexibility index (Phi) is 3.90. The van der Waals surface area contributed by atoms with Crippen LogP contribution in [0.25, 0.3) is 11.3 Å². The topological polar surface area (TPSA) is 53.1 Å². The molecule has 0 aliphatic rings. The molecule has 2 rings (SSSR count). The number of methoxy groups -OCH3 is 1. The molecule has 100 valence electrons. The molecule has 4 heteroatoms. The van der Waals surface area contributed by atoms with Crippen molar-refractivity contribution < 1.29 is 4.74 Å². The van der Waals surface area contributed by atoms with Gasteiger partial charge < -0.3 is 15.0 Å². The van der Waals surface area contributed by atoms with Crippen molar-refractivity contribution in [1.82, 2.24) is 9.55 Å². The highest BCUT2D eigenvalue weighted by molar-refractivity contribution is 5.72. The lowest BCUT2D eigenvalue weighted by Gasteiger charge is -2.06. The molecule has 0 radical (unpaired) electrons. The molecule has 2 aromatic rings. The SMILES string of the molecule is C=CCn1c(CC)nc(-c2cccc(OC)c2)c1N. The number of nitrogen functional groups attached to an aromatic ring is 1. The molecule has 0 bridgehead atoms. The molecule has 0 aliphatic carbocycles. The highest BCUT2D eigenvalue weighted by Gasteiger charge is 2.14. The zero-order chi connectivity index (χ0) is 13.8. The molecule has 0 amide bonds. The smallest absolute Gasteiger partial charge is 0.132 e. The van der Waals surface area contributed by atoms with Crippen molar-refractivity contribution in [3.8, 4) is 17.0 Å². The van der Waals surface area contributed by atoms with Gasteiger partial charge in [-0.05, 0) is 12.1 Å². The Morgan fingerprint density at radius 3 is 2.89 bits per heavy atom. The summed E-state index contributed by atoms with van der Waals surface area (Å²) in [7, 11) is 1.65. The van der Waals surface area contributed by atoms with Crippen LogP contribution in [0.5, 0.6) is 5.75 Å². The number of hydrogen-bond acceptors (Lipinski definition) is 3. The Morgan fingerprint density at radius 1 is 1.47 bits per heavy atom. The fourth-order valence-electron chi connectivity index (χ4n) is 2.10. The first-order valence-corrected chi connectivity index (χ1v) is 6.31. The van der Waals surface area contributed by atoms with Crippen LogP contribution in [0.2, 0.25) is 0 Å². The molecule has 2 N–H and O–H groups in total. The lowest BCUT2D eigenvalue weighted by atomic mass is 10.1. The van der Waals surface area contributed by atoms with Crippen molar-refractivity contribution in [2.45, 2.75) is 19.9 Å². The number of ether oxygens (including phenoxy) is 1. The van der Waals surface area contributed by atoms with Crippen molar-refractivity contribution in [2.75, 3.05) is 12.8 Å². The van der Waals surface area contributed by atoms with Gasteiger partial charge in [0.1, 0.15) is 23.1 Å². The van der Waals surface area contributed by atoms with Gasteiger partial charge in [-0.3, -0.25) is 0 Å². The number of nitrogens with zero attached hydrogens (tertiary/aromatic N) is 2. The van der Waals surface area contributed by atoms with E-state index in [0.29, 0.717) is 12.4 Å². The molecular weight excluding hydrogens is 238 g/mol. The van der Waals surface area contributed by atoms with E-state index in [-0.39, 0.29) is 0 Å². The average molecular weight is 257 g/mol. The van der Waals surface area contributed by atoms with Crippen LogP contribution in [0, 0.1) is 0 Å². The van der Waals surface area contributed by atoms with E-state index in [0.717, 1.165) is 29.3 Å². The Hall–Kier alpha value is -2.23. The summed E-state index contributed by atoms with van der Waals surface area (Å²) in [5, 5.41) is 0. The van der Waals surface area contributed by atoms with E-state index >= 15 is 0 Å². The van der Waals surface area contributed by atoms with Crippen LogP contribution in [-0.4, -0.2) is 16.7 Å². The Morgan fingerprint density at radius 2 is 2.26 bits per heavy atom. The van der Waals surface area contributed by atoms with Gasteiger partial charge in [0.05, 0.1) is 7.11 Å². The Labute approximate surface area is 113 Å². The van der Waals surface area contributed by atoms with E-state index in [1.165, 1.54) is 0 Å². The summed E-state index contributed by atoms with van der Waals surface area (Å²) in [5.41, 5.74) is 7.97. The van der Waals surface area contributed by atoms with Crippen molar-refractivity contribution in [2.24, 2.45) is 0 Å². The summed E-state index contributed by atoms with van der Waals surface area (Å²) < 4.78 is 7.22. The second kappa shape index (κ2) is 5.61. The van der Waals surface area contributed by atoms with Crippen molar-refractivity contribution >= 4 is 5.82 Å². The van der Waals surface area contributed by atoms with E-state index in [1.807, 2.05) is 34.9 Å².